The number of likely N-dealkylation sites (N-methyl/N-ethyl adjacent to an activating group) is 1. The quantitative estimate of drug-likeness (QED) is 0.765. The van der Waals surface area contributed by atoms with E-state index < -0.39 is 0 Å². The molecule has 0 saturated carbocycles. The standard InChI is InChI=1S/C14H25N3OS/c1-5-17(6-2)8-7-16-13(14(15)18)12-9-10(3)19-11(12)4/h9,13,16H,5-8H2,1-4H3,(H2,15,18). The fourth-order valence-electron chi connectivity index (χ4n) is 2.21. The summed E-state index contributed by atoms with van der Waals surface area (Å²) < 4.78 is 0. The van der Waals surface area contributed by atoms with Crippen LogP contribution >= 0.6 is 11.3 Å². The van der Waals surface area contributed by atoms with Crippen molar-refractivity contribution in [1.29, 1.82) is 0 Å². The minimum absolute atomic E-state index is 0.305. The minimum Gasteiger partial charge on any atom is -0.368 e. The molecule has 108 valence electrons. The minimum atomic E-state index is -0.375. The van der Waals surface area contributed by atoms with Crippen LogP contribution in [0.15, 0.2) is 6.07 Å². The molecule has 1 rings (SSSR count). The predicted octanol–water partition coefficient (Wildman–Crippen LogP) is 1.82. The lowest BCUT2D eigenvalue weighted by molar-refractivity contribution is -0.120. The Balaban J connectivity index is 2.64. The molecule has 0 aliphatic carbocycles. The number of primary amides is 1. The Kier molecular flexibility index (Phi) is 6.48. The summed E-state index contributed by atoms with van der Waals surface area (Å²) in [5.41, 5.74) is 6.54. The number of hydrogen-bond donors (Lipinski definition) is 2. The summed E-state index contributed by atoms with van der Waals surface area (Å²) in [6.45, 7) is 12.1. The second-order valence-corrected chi connectivity index (χ2v) is 6.15. The van der Waals surface area contributed by atoms with E-state index in [0.29, 0.717) is 0 Å². The van der Waals surface area contributed by atoms with E-state index in [1.807, 2.05) is 6.92 Å². The Hall–Kier alpha value is -0.910. The van der Waals surface area contributed by atoms with Crippen molar-refractivity contribution in [2.75, 3.05) is 26.2 Å². The van der Waals surface area contributed by atoms with Crippen LogP contribution in [0.3, 0.4) is 0 Å². The molecule has 4 nitrogen and oxygen atoms in total. The number of nitrogens with zero attached hydrogens (tertiary/aromatic N) is 1. The van der Waals surface area contributed by atoms with Gasteiger partial charge in [0.2, 0.25) is 5.91 Å². The van der Waals surface area contributed by atoms with Crippen LogP contribution in [0.2, 0.25) is 0 Å². The summed E-state index contributed by atoms with van der Waals surface area (Å²) in [6.07, 6.45) is 0. The first-order valence-electron chi connectivity index (χ1n) is 6.81. The van der Waals surface area contributed by atoms with Gasteiger partial charge in [-0.2, -0.15) is 0 Å². The lowest BCUT2D eigenvalue weighted by atomic mass is 10.1. The van der Waals surface area contributed by atoms with Crippen molar-refractivity contribution in [3.8, 4) is 0 Å². The maximum absolute atomic E-state index is 11.6. The molecule has 0 saturated heterocycles. The van der Waals surface area contributed by atoms with Crippen molar-refractivity contribution in [1.82, 2.24) is 10.2 Å². The molecule has 0 aliphatic heterocycles. The molecule has 0 aliphatic rings. The van der Waals surface area contributed by atoms with Crippen LogP contribution < -0.4 is 11.1 Å². The zero-order chi connectivity index (χ0) is 14.4. The van der Waals surface area contributed by atoms with Crippen LogP contribution in [-0.2, 0) is 4.79 Å². The largest absolute Gasteiger partial charge is 0.368 e. The van der Waals surface area contributed by atoms with Crippen LogP contribution in [0.25, 0.3) is 0 Å². The number of carbonyl (C=O) groups excluding carboxylic acids is 1. The average Bonchev–Trinajstić information content (AvgIpc) is 2.68. The maximum Gasteiger partial charge on any atom is 0.239 e. The lowest BCUT2D eigenvalue weighted by Gasteiger charge is -2.21. The normalized spacial score (nSPS) is 12.9. The van der Waals surface area contributed by atoms with Crippen molar-refractivity contribution >= 4 is 17.2 Å². The van der Waals surface area contributed by atoms with E-state index in [-0.39, 0.29) is 11.9 Å². The Labute approximate surface area is 120 Å². The Morgan fingerprint density at radius 1 is 1.42 bits per heavy atom. The van der Waals surface area contributed by atoms with E-state index >= 15 is 0 Å². The zero-order valence-corrected chi connectivity index (χ0v) is 13.1. The predicted molar refractivity (Wildman–Crippen MR) is 81.5 cm³/mol. The summed E-state index contributed by atoms with van der Waals surface area (Å²) in [7, 11) is 0. The number of nitrogens with two attached hydrogens (primary N) is 1. The fourth-order valence-corrected chi connectivity index (χ4v) is 3.17. The fraction of sp³-hybridized carbons (Fsp3) is 0.643. The molecule has 0 bridgehead atoms. The van der Waals surface area contributed by atoms with Gasteiger partial charge < -0.3 is 16.0 Å². The van der Waals surface area contributed by atoms with Crippen LogP contribution in [0.4, 0.5) is 0 Å². The molecule has 0 spiro atoms. The Bertz CT molecular complexity index is 413. The Morgan fingerprint density at radius 2 is 2.05 bits per heavy atom. The molecular formula is C14H25N3OS. The van der Waals surface area contributed by atoms with Gasteiger partial charge in [-0.05, 0) is 38.6 Å². The first-order valence-corrected chi connectivity index (χ1v) is 7.63. The highest BCUT2D eigenvalue weighted by Crippen LogP contribution is 2.26. The summed E-state index contributed by atoms with van der Waals surface area (Å²) >= 11 is 1.71. The SMILES string of the molecule is CCN(CC)CCNC(C(N)=O)c1cc(C)sc1C. The van der Waals surface area contributed by atoms with Gasteiger partial charge in [0.1, 0.15) is 6.04 Å². The molecule has 1 unspecified atom stereocenters. The molecular weight excluding hydrogens is 258 g/mol. The van der Waals surface area contributed by atoms with Gasteiger partial charge in [0.15, 0.2) is 0 Å². The second-order valence-electron chi connectivity index (χ2n) is 4.68. The van der Waals surface area contributed by atoms with Crippen LogP contribution in [0.5, 0.6) is 0 Å². The number of thiophene rings is 1. The number of rotatable bonds is 8. The maximum atomic E-state index is 11.6. The third-order valence-electron chi connectivity index (χ3n) is 3.35. The monoisotopic (exact) mass is 283 g/mol. The highest BCUT2D eigenvalue weighted by atomic mass is 32.1. The molecule has 5 heteroatoms. The molecule has 0 radical (unpaired) electrons. The topological polar surface area (TPSA) is 58.4 Å². The average molecular weight is 283 g/mol. The summed E-state index contributed by atoms with van der Waals surface area (Å²) in [5, 5.41) is 3.28. The summed E-state index contributed by atoms with van der Waals surface area (Å²) in [4.78, 5) is 16.3. The molecule has 1 aromatic heterocycles. The van der Waals surface area contributed by atoms with Crippen molar-refractivity contribution in [2.24, 2.45) is 5.73 Å². The number of hydrogen-bond acceptors (Lipinski definition) is 4. The van der Waals surface area contributed by atoms with E-state index in [1.165, 1.54) is 4.88 Å². The van der Waals surface area contributed by atoms with E-state index in [9.17, 15) is 4.79 Å². The molecule has 3 N–H and O–H groups in total. The van der Waals surface area contributed by atoms with Gasteiger partial charge in [-0.15, -0.1) is 11.3 Å². The first-order chi connectivity index (χ1) is 8.99. The van der Waals surface area contributed by atoms with E-state index in [2.05, 4.69) is 37.1 Å². The first kappa shape index (κ1) is 16.1. The molecule has 19 heavy (non-hydrogen) atoms. The van der Waals surface area contributed by atoms with Crippen molar-refractivity contribution < 1.29 is 4.79 Å². The number of nitrogens with one attached hydrogen (secondary N) is 1. The highest BCUT2D eigenvalue weighted by Gasteiger charge is 2.20. The lowest BCUT2D eigenvalue weighted by Crippen LogP contribution is -2.38. The van der Waals surface area contributed by atoms with Crippen LogP contribution in [-0.4, -0.2) is 37.0 Å². The molecule has 1 heterocycles. The summed E-state index contributed by atoms with van der Waals surface area (Å²) in [5.74, 6) is -0.305. The third-order valence-corrected chi connectivity index (χ3v) is 4.33. The van der Waals surface area contributed by atoms with Gasteiger partial charge in [0, 0.05) is 22.8 Å². The van der Waals surface area contributed by atoms with Gasteiger partial charge in [-0.25, -0.2) is 0 Å². The van der Waals surface area contributed by atoms with E-state index in [0.717, 1.165) is 36.6 Å². The molecule has 0 fully saturated rings. The van der Waals surface area contributed by atoms with Crippen molar-refractivity contribution in [2.45, 2.75) is 33.7 Å². The number of carbonyl (C=O) groups is 1. The van der Waals surface area contributed by atoms with Gasteiger partial charge in [-0.3, -0.25) is 4.79 Å². The number of amides is 1. The third kappa shape index (κ3) is 4.60. The van der Waals surface area contributed by atoms with Gasteiger partial charge in [0.25, 0.3) is 0 Å². The Morgan fingerprint density at radius 3 is 2.47 bits per heavy atom. The van der Waals surface area contributed by atoms with E-state index in [4.69, 9.17) is 5.73 Å². The molecule has 1 aromatic rings. The van der Waals surface area contributed by atoms with Gasteiger partial charge in [0.05, 0.1) is 0 Å². The smallest absolute Gasteiger partial charge is 0.239 e. The van der Waals surface area contributed by atoms with Crippen molar-refractivity contribution in [3.05, 3.63) is 21.4 Å². The zero-order valence-electron chi connectivity index (χ0n) is 12.3. The van der Waals surface area contributed by atoms with Gasteiger partial charge in [-0.1, -0.05) is 13.8 Å². The van der Waals surface area contributed by atoms with Crippen LogP contribution in [0.1, 0.15) is 35.2 Å². The summed E-state index contributed by atoms with van der Waals surface area (Å²) in [6, 6.07) is 1.68. The van der Waals surface area contributed by atoms with Crippen molar-refractivity contribution in [3.63, 3.8) is 0 Å². The van der Waals surface area contributed by atoms with E-state index in [1.54, 1.807) is 11.3 Å². The molecule has 0 aromatic carbocycles. The van der Waals surface area contributed by atoms with Gasteiger partial charge >= 0.3 is 0 Å². The highest BCUT2D eigenvalue weighted by molar-refractivity contribution is 7.12. The van der Waals surface area contributed by atoms with Crippen LogP contribution in [0, 0.1) is 13.8 Å². The molecule has 1 atom stereocenters. The molecule has 1 amide bonds. The second kappa shape index (κ2) is 7.62. The number of aryl methyl sites for hydroxylation is 2.